The van der Waals surface area contributed by atoms with Crippen LogP contribution >= 0.6 is 0 Å². The van der Waals surface area contributed by atoms with Gasteiger partial charge in [0.25, 0.3) is 0 Å². The third kappa shape index (κ3) is 2.23. The van der Waals surface area contributed by atoms with E-state index in [1.165, 1.54) is 0 Å². The zero-order valence-electron chi connectivity index (χ0n) is 13.2. The minimum atomic E-state index is -2.89. The average molecular weight is 345 g/mol. The molecule has 0 aromatic carbocycles. The van der Waals surface area contributed by atoms with Crippen molar-refractivity contribution >= 4 is 26.6 Å². The molecule has 5 rings (SSSR count). The van der Waals surface area contributed by atoms with Crippen LogP contribution in [0.5, 0.6) is 0 Å². The molecule has 8 heteroatoms. The second-order valence-corrected chi connectivity index (χ2v) is 9.45. The smallest absolute Gasteiger partial charge is 0.179 e. The number of aromatic amines is 1. The van der Waals surface area contributed by atoms with Crippen LogP contribution in [-0.4, -0.2) is 44.0 Å². The van der Waals surface area contributed by atoms with Crippen LogP contribution in [0.25, 0.3) is 16.8 Å². The minimum absolute atomic E-state index is 0.0592. The second-order valence-electron chi connectivity index (χ2n) is 7.13. The number of hydrogen-bond donors (Lipinski definition) is 1. The first-order valence-electron chi connectivity index (χ1n) is 8.50. The maximum atomic E-state index is 12.2. The van der Waals surface area contributed by atoms with Crippen molar-refractivity contribution in [3.8, 4) is 0 Å². The summed E-state index contributed by atoms with van der Waals surface area (Å²) in [5.74, 6) is 1.78. The van der Waals surface area contributed by atoms with Gasteiger partial charge in [-0.15, -0.1) is 10.2 Å². The van der Waals surface area contributed by atoms with Gasteiger partial charge in [-0.3, -0.25) is 4.40 Å². The van der Waals surface area contributed by atoms with Crippen molar-refractivity contribution in [3.05, 3.63) is 24.3 Å². The Labute approximate surface area is 139 Å². The molecule has 24 heavy (non-hydrogen) atoms. The van der Waals surface area contributed by atoms with Gasteiger partial charge in [-0.05, 0) is 44.1 Å². The Balaban J connectivity index is 1.45. The number of nitrogens with one attached hydrogen (secondary N) is 1. The number of sulfone groups is 1. The standard InChI is InChI=1S/C16H19N5O2S/c22-24(23,12-3-4-12)9-10-1-2-11(7-10)16-20-19-14-8-18-15-13(21(14)16)5-6-17-15/h5-6,8,10-12,17H,1-4,7,9H2/t10-,11-/m1/s1. The van der Waals surface area contributed by atoms with Crippen LogP contribution in [0.4, 0.5) is 0 Å². The van der Waals surface area contributed by atoms with Crippen LogP contribution in [0.3, 0.4) is 0 Å². The van der Waals surface area contributed by atoms with E-state index >= 15 is 0 Å². The molecule has 0 amide bonds. The van der Waals surface area contributed by atoms with Crippen molar-refractivity contribution in [2.75, 3.05) is 5.75 Å². The predicted molar refractivity (Wildman–Crippen MR) is 89.5 cm³/mol. The Morgan fingerprint density at radius 2 is 2.08 bits per heavy atom. The summed E-state index contributed by atoms with van der Waals surface area (Å²) in [6, 6.07) is 1.98. The van der Waals surface area contributed by atoms with Gasteiger partial charge in [-0.2, -0.15) is 0 Å². The predicted octanol–water partition coefficient (Wildman–Crippen LogP) is 2.07. The molecule has 3 aromatic heterocycles. The average Bonchev–Trinajstić information content (AvgIpc) is 2.96. The highest BCUT2D eigenvalue weighted by Gasteiger charge is 2.39. The van der Waals surface area contributed by atoms with Gasteiger partial charge in [0.05, 0.1) is 22.7 Å². The van der Waals surface area contributed by atoms with Gasteiger partial charge in [0.15, 0.2) is 21.1 Å². The molecule has 2 atom stereocenters. The molecule has 0 spiro atoms. The molecule has 0 aliphatic heterocycles. The van der Waals surface area contributed by atoms with Gasteiger partial charge in [0.1, 0.15) is 5.82 Å². The summed E-state index contributed by atoms with van der Waals surface area (Å²) in [5, 5.41) is 8.58. The van der Waals surface area contributed by atoms with Gasteiger partial charge in [0, 0.05) is 12.1 Å². The monoisotopic (exact) mass is 345 g/mol. The summed E-state index contributed by atoms with van der Waals surface area (Å²) in [4.78, 5) is 7.45. The molecule has 0 unspecified atom stereocenters. The van der Waals surface area contributed by atoms with Gasteiger partial charge >= 0.3 is 0 Å². The lowest BCUT2D eigenvalue weighted by Gasteiger charge is -2.11. The first kappa shape index (κ1) is 14.4. The van der Waals surface area contributed by atoms with Crippen molar-refractivity contribution < 1.29 is 8.42 Å². The molecule has 2 aliphatic carbocycles. The summed E-state index contributed by atoms with van der Waals surface area (Å²) in [7, 11) is -2.89. The van der Waals surface area contributed by atoms with Crippen LogP contribution in [0.15, 0.2) is 18.5 Å². The number of hydrogen-bond acceptors (Lipinski definition) is 5. The fraction of sp³-hybridized carbons (Fsp3) is 0.562. The highest BCUT2D eigenvalue weighted by molar-refractivity contribution is 7.92. The van der Waals surface area contributed by atoms with Crippen LogP contribution in [0, 0.1) is 5.92 Å². The van der Waals surface area contributed by atoms with Gasteiger partial charge < -0.3 is 4.98 Å². The molecule has 126 valence electrons. The maximum absolute atomic E-state index is 12.2. The highest BCUT2D eigenvalue weighted by Crippen LogP contribution is 2.40. The lowest BCUT2D eigenvalue weighted by molar-refractivity contribution is 0.549. The number of nitrogens with zero attached hydrogens (tertiary/aromatic N) is 4. The van der Waals surface area contributed by atoms with Gasteiger partial charge in [0.2, 0.25) is 0 Å². The van der Waals surface area contributed by atoms with E-state index in [1.54, 1.807) is 6.20 Å². The van der Waals surface area contributed by atoms with E-state index in [0.717, 1.165) is 54.7 Å². The summed E-state index contributed by atoms with van der Waals surface area (Å²) < 4.78 is 26.6. The molecule has 3 aromatic rings. The molecule has 0 saturated heterocycles. The first-order valence-corrected chi connectivity index (χ1v) is 10.2. The van der Waals surface area contributed by atoms with E-state index in [9.17, 15) is 8.42 Å². The second kappa shape index (κ2) is 5.02. The molecule has 2 fully saturated rings. The SMILES string of the molecule is O=S(=O)(C[C@@H]1CC[C@@H](c2nnc3cnc4[nH]ccc4n23)C1)C1CC1. The van der Waals surface area contributed by atoms with E-state index in [4.69, 9.17) is 0 Å². The Kier molecular flexibility index (Phi) is 3.01. The third-order valence-electron chi connectivity index (χ3n) is 5.37. The van der Waals surface area contributed by atoms with E-state index in [2.05, 4.69) is 24.6 Å². The fourth-order valence-electron chi connectivity index (χ4n) is 4.02. The van der Waals surface area contributed by atoms with Crippen molar-refractivity contribution in [2.45, 2.75) is 43.3 Å². The Morgan fingerprint density at radius 3 is 2.92 bits per heavy atom. The van der Waals surface area contributed by atoms with E-state index < -0.39 is 9.84 Å². The molecule has 0 radical (unpaired) electrons. The molecule has 1 N–H and O–H groups in total. The molecule has 2 saturated carbocycles. The zero-order valence-corrected chi connectivity index (χ0v) is 14.0. The molecular weight excluding hydrogens is 326 g/mol. The number of aromatic nitrogens is 5. The number of H-pyrrole nitrogens is 1. The third-order valence-corrected chi connectivity index (χ3v) is 7.80. The minimum Gasteiger partial charge on any atom is -0.345 e. The van der Waals surface area contributed by atoms with Crippen molar-refractivity contribution in [1.82, 2.24) is 24.6 Å². The molecule has 2 aliphatic rings. The van der Waals surface area contributed by atoms with Crippen LogP contribution in [0.1, 0.15) is 43.8 Å². The zero-order chi connectivity index (χ0) is 16.3. The summed E-state index contributed by atoms with van der Waals surface area (Å²) in [6.07, 6.45) is 8.09. The van der Waals surface area contributed by atoms with Gasteiger partial charge in [-0.1, -0.05) is 0 Å². The van der Waals surface area contributed by atoms with Crippen molar-refractivity contribution in [2.24, 2.45) is 5.92 Å². The molecular formula is C16H19N5O2S. The topological polar surface area (TPSA) is 93.0 Å². The van der Waals surface area contributed by atoms with Crippen LogP contribution in [0.2, 0.25) is 0 Å². The van der Waals surface area contributed by atoms with Crippen molar-refractivity contribution in [1.29, 1.82) is 0 Å². The Morgan fingerprint density at radius 1 is 1.21 bits per heavy atom. The molecule has 7 nitrogen and oxygen atoms in total. The van der Waals surface area contributed by atoms with Crippen LogP contribution in [-0.2, 0) is 9.84 Å². The van der Waals surface area contributed by atoms with E-state index in [0.29, 0.717) is 5.75 Å². The fourth-order valence-corrected chi connectivity index (χ4v) is 6.10. The van der Waals surface area contributed by atoms with E-state index in [-0.39, 0.29) is 17.1 Å². The van der Waals surface area contributed by atoms with Gasteiger partial charge in [-0.25, -0.2) is 13.4 Å². The Bertz CT molecular complexity index is 1020. The normalized spacial score (nSPS) is 25.0. The highest BCUT2D eigenvalue weighted by atomic mass is 32.2. The summed E-state index contributed by atoms with van der Waals surface area (Å²) >= 11 is 0. The summed E-state index contributed by atoms with van der Waals surface area (Å²) in [6.45, 7) is 0. The van der Waals surface area contributed by atoms with E-state index in [1.807, 2.05) is 12.3 Å². The maximum Gasteiger partial charge on any atom is 0.179 e. The van der Waals surface area contributed by atoms with Crippen LogP contribution < -0.4 is 0 Å². The largest absolute Gasteiger partial charge is 0.345 e. The molecule has 0 bridgehead atoms. The Hall–Kier alpha value is -1.96. The lowest BCUT2D eigenvalue weighted by atomic mass is 10.1. The number of fused-ring (bicyclic) bond motifs is 3. The van der Waals surface area contributed by atoms with Crippen molar-refractivity contribution in [3.63, 3.8) is 0 Å². The quantitative estimate of drug-likeness (QED) is 0.781. The number of rotatable bonds is 4. The molecule has 3 heterocycles. The summed E-state index contributed by atoms with van der Waals surface area (Å²) in [5.41, 5.74) is 2.53. The lowest BCUT2D eigenvalue weighted by Crippen LogP contribution is -2.18. The first-order chi connectivity index (χ1) is 11.6.